The van der Waals surface area contributed by atoms with Gasteiger partial charge in [-0.25, -0.2) is 12.8 Å². The highest BCUT2D eigenvalue weighted by molar-refractivity contribution is 7.92. The first-order chi connectivity index (χ1) is 15.1. The van der Waals surface area contributed by atoms with Crippen LogP contribution < -0.4 is 9.62 Å². The van der Waals surface area contributed by atoms with Gasteiger partial charge in [0, 0.05) is 12.1 Å². The monoisotopic (exact) mass is 454 g/mol. The van der Waals surface area contributed by atoms with Crippen molar-refractivity contribution in [3.63, 3.8) is 0 Å². The Bertz CT molecular complexity index is 1170. The number of hydrogen-bond acceptors (Lipinski definition) is 3. The highest BCUT2D eigenvalue weighted by Crippen LogP contribution is 2.23. The molecule has 0 aliphatic carbocycles. The van der Waals surface area contributed by atoms with Crippen LogP contribution in [-0.4, -0.2) is 27.1 Å². The van der Waals surface area contributed by atoms with E-state index < -0.39 is 10.0 Å². The van der Waals surface area contributed by atoms with E-state index in [0.29, 0.717) is 24.2 Å². The molecule has 0 unspecified atom stereocenters. The normalized spacial score (nSPS) is 11.2. The van der Waals surface area contributed by atoms with Gasteiger partial charge in [-0.1, -0.05) is 30.3 Å². The van der Waals surface area contributed by atoms with Crippen LogP contribution in [0.3, 0.4) is 0 Å². The summed E-state index contributed by atoms with van der Waals surface area (Å²) in [7, 11) is -3.49. The van der Waals surface area contributed by atoms with Gasteiger partial charge in [0.25, 0.3) is 5.91 Å². The minimum Gasteiger partial charge on any atom is -0.352 e. The van der Waals surface area contributed by atoms with Crippen LogP contribution in [-0.2, 0) is 23.0 Å². The molecular weight excluding hydrogens is 427 g/mol. The smallest absolute Gasteiger partial charge is 0.251 e. The van der Waals surface area contributed by atoms with Crippen molar-refractivity contribution >= 4 is 21.6 Å². The molecule has 0 atom stereocenters. The summed E-state index contributed by atoms with van der Waals surface area (Å²) < 4.78 is 39.2. The highest BCUT2D eigenvalue weighted by Gasteiger charge is 2.19. The summed E-state index contributed by atoms with van der Waals surface area (Å²) in [4.78, 5) is 12.4. The van der Waals surface area contributed by atoms with E-state index in [1.165, 1.54) is 22.7 Å². The van der Waals surface area contributed by atoms with Crippen molar-refractivity contribution in [2.24, 2.45) is 0 Å². The first-order valence-corrected chi connectivity index (χ1v) is 12.1. The van der Waals surface area contributed by atoms with Crippen molar-refractivity contribution < 1.29 is 17.6 Å². The van der Waals surface area contributed by atoms with Crippen molar-refractivity contribution in [3.8, 4) is 0 Å². The van der Waals surface area contributed by atoms with Gasteiger partial charge in [-0.15, -0.1) is 0 Å². The maximum Gasteiger partial charge on any atom is 0.251 e. The molecule has 3 aromatic carbocycles. The lowest BCUT2D eigenvalue weighted by Gasteiger charge is -2.23. The van der Waals surface area contributed by atoms with E-state index in [9.17, 15) is 17.6 Å². The van der Waals surface area contributed by atoms with E-state index >= 15 is 0 Å². The van der Waals surface area contributed by atoms with Crippen LogP contribution in [0.5, 0.6) is 0 Å². The summed E-state index contributed by atoms with van der Waals surface area (Å²) in [5, 5.41) is 2.85. The summed E-state index contributed by atoms with van der Waals surface area (Å²) in [6.45, 7) is 4.47. The van der Waals surface area contributed by atoms with Gasteiger partial charge in [-0.3, -0.25) is 9.10 Å². The Hall–Kier alpha value is -3.19. The predicted octanol–water partition coefficient (Wildman–Crippen LogP) is 4.38. The van der Waals surface area contributed by atoms with E-state index in [2.05, 4.69) is 5.32 Å². The molecule has 1 amide bonds. The quantitative estimate of drug-likeness (QED) is 0.549. The Morgan fingerprint density at radius 1 is 0.906 bits per heavy atom. The lowest BCUT2D eigenvalue weighted by molar-refractivity contribution is 0.0954. The zero-order valence-electron chi connectivity index (χ0n) is 18.4. The third kappa shape index (κ3) is 6.40. The van der Waals surface area contributed by atoms with E-state index in [1.807, 2.05) is 32.0 Å². The number of sulfonamides is 1. The summed E-state index contributed by atoms with van der Waals surface area (Å²) >= 11 is 0. The number of nitrogens with one attached hydrogen (secondary N) is 1. The first-order valence-electron chi connectivity index (χ1n) is 10.3. The molecule has 0 heterocycles. The summed E-state index contributed by atoms with van der Waals surface area (Å²) in [6, 6.07) is 18.8. The van der Waals surface area contributed by atoms with Gasteiger partial charge in [0.2, 0.25) is 10.0 Å². The fraction of sp³-hybridized carbons (Fsp3) is 0.240. The van der Waals surface area contributed by atoms with Crippen LogP contribution >= 0.6 is 0 Å². The first kappa shape index (κ1) is 23.5. The fourth-order valence-corrected chi connectivity index (χ4v) is 4.37. The van der Waals surface area contributed by atoms with Crippen molar-refractivity contribution in [2.75, 3.05) is 17.1 Å². The molecule has 7 heteroatoms. The molecule has 0 aliphatic rings. The Balaban J connectivity index is 1.65. The Morgan fingerprint density at radius 2 is 1.47 bits per heavy atom. The van der Waals surface area contributed by atoms with Crippen LogP contribution in [0.4, 0.5) is 10.1 Å². The zero-order valence-corrected chi connectivity index (χ0v) is 19.2. The Morgan fingerprint density at radius 3 is 2.03 bits per heavy atom. The van der Waals surface area contributed by atoms with Crippen molar-refractivity contribution in [2.45, 2.75) is 26.8 Å². The molecule has 3 rings (SSSR count). The van der Waals surface area contributed by atoms with Gasteiger partial charge in [0.05, 0.1) is 18.5 Å². The lowest BCUT2D eigenvalue weighted by Crippen LogP contribution is -2.29. The summed E-state index contributed by atoms with van der Waals surface area (Å²) in [5.41, 5.74) is 4.80. The minimum atomic E-state index is -3.49. The molecule has 32 heavy (non-hydrogen) atoms. The number of nitrogens with zero attached hydrogens (tertiary/aromatic N) is 1. The second-order valence-corrected chi connectivity index (χ2v) is 9.85. The Kier molecular flexibility index (Phi) is 7.30. The molecule has 5 nitrogen and oxygen atoms in total. The number of anilines is 1. The zero-order chi connectivity index (χ0) is 23.3. The standard InChI is InChI=1S/C25H27FN2O3S/c1-18-14-19(2)16-24(15-18)28(32(3,30)31)17-21-4-8-22(9-5-21)25(29)27-13-12-20-6-10-23(26)11-7-20/h4-11,14-16H,12-13,17H2,1-3H3,(H,27,29). The molecule has 0 spiro atoms. The molecule has 3 aromatic rings. The number of benzene rings is 3. The van der Waals surface area contributed by atoms with Gasteiger partial charge in [-0.05, 0) is 78.9 Å². The molecule has 0 saturated heterocycles. The average Bonchev–Trinajstić information content (AvgIpc) is 2.72. The number of carbonyl (C=O) groups excluding carboxylic acids is 1. The van der Waals surface area contributed by atoms with E-state index in [-0.39, 0.29) is 18.3 Å². The number of halogens is 1. The molecule has 0 radical (unpaired) electrons. The van der Waals surface area contributed by atoms with Crippen molar-refractivity contribution in [1.82, 2.24) is 5.32 Å². The molecule has 0 aliphatic heterocycles. The predicted molar refractivity (Wildman–Crippen MR) is 126 cm³/mol. The second-order valence-electron chi connectivity index (χ2n) is 7.94. The molecule has 0 saturated carbocycles. The van der Waals surface area contributed by atoms with Crippen LogP contribution in [0.25, 0.3) is 0 Å². The average molecular weight is 455 g/mol. The molecule has 0 fully saturated rings. The van der Waals surface area contributed by atoms with Crippen molar-refractivity contribution in [3.05, 3.63) is 100 Å². The number of rotatable bonds is 8. The second kappa shape index (κ2) is 9.96. The molecule has 1 N–H and O–H groups in total. The highest BCUT2D eigenvalue weighted by atomic mass is 32.2. The lowest BCUT2D eigenvalue weighted by atomic mass is 10.1. The topological polar surface area (TPSA) is 66.5 Å². The third-order valence-corrected chi connectivity index (χ3v) is 6.19. The van der Waals surface area contributed by atoms with Crippen LogP contribution in [0.1, 0.15) is 32.6 Å². The number of hydrogen-bond donors (Lipinski definition) is 1. The van der Waals surface area contributed by atoms with Crippen LogP contribution in [0, 0.1) is 19.7 Å². The van der Waals surface area contributed by atoms with Crippen molar-refractivity contribution in [1.29, 1.82) is 0 Å². The van der Waals surface area contributed by atoms with Crippen LogP contribution in [0.15, 0.2) is 66.7 Å². The Labute approximate surface area is 188 Å². The van der Waals surface area contributed by atoms with E-state index in [1.54, 1.807) is 36.4 Å². The largest absolute Gasteiger partial charge is 0.352 e. The number of carbonyl (C=O) groups is 1. The maximum absolute atomic E-state index is 13.0. The third-order valence-electron chi connectivity index (χ3n) is 5.05. The SMILES string of the molecule is Cc1cc(C)cc(N(Cc2ccc(C(=O)NCCc3ccc(F)cc3)cc2)S(C)(=O)=O)c1. The van der Waals surface area contributed by atoms with Gasteiger partial charge in [0.1, 0.15) is 5.82 Å². The number of amides is 1. The van der Waals surface area contributed by atoms with E-state index in [0.717, 1.165) is 22.3 Å². The van der Waals surface area contributed by atoms with Gasteiger partial charge in [-0.2, -0.15) is 0 Å². The van der Waals surface area contributed by atoms with Crippen LogP contribution in [0.2, 0.25) is 0 Å². The molecular formula is C25H27FN2O3S. The summed E-state index contributed by atoms with van der Waals surface area (Å²) in [5.74, 6) is -0.502. The molecule has 0 bridgehead atoms. The molecule has 0 aromatic heterocycles. The van der Waals surface area contributed by atoms with Gasteiger partial charge >= 0.3 is 0 Å². The van der Waals surface area contributed by atoms with Gasteiger partial charge in [0.15, 0.2) is 0 Å². The summed E-state index contributed by atoms with van der Waals surface area (Å²) in [6.07, 6.45) is 1.79. The van der Waals surface area contributed by atoms with E-state index in [4.69, 9.17) is 0 Å². The number of aryl methyl sites for hydroxylation is 2. The van der Waals surface area contributed by atoms with Gasteiger partial charge < -0.3 is 5.32 Å². The minimum absolute atomic E-state index is 0.175. The molecule has 168 valence electrons. The maximum atomic E-state index is 13.0. The fourth-order valence-electron chi connectivity index (χ4n) is 3.50.